The van der Waals surface area contributed by atoms with Gasteiger partial charge in [0.15, 0.2) is 5.16 Å². The topological polar surface area (TPSA) is 37.8 Å². The zero-order valence-corrected chi connectivity index (χ0v) is 13.7. The standard InChI is InChI=1S/C17H23N3S/c1-4-11-18-16(15-8-6-5-7-9-15)14(3)21-17-19-12-10-13(2)20-17/h5-10,12,14,16,18H,4,11H2,1-3H3. The van der Waals surface area contributed by atoms with Crippen molar-refractivity contribution in [1.82, 2.24) is 15.3 Å². The summed E-state index contributed by atoms with van der Waals surface area (Å²) < 4.78 is 0. The van der Waals surface area contributed by atoms with Crippen molar-refractivity contribution in [3.8, 4) is 0 Å². The van der Waals surface area contributed by atoms with E-state index in [2.05, 4.69) is 59.5 Å². The quantitative estimate of drug-likeness (QED) is 0.619. The number of nitrogens with zero attached hydrogens (tertiary/aromatic N) is 2. The summed E-state index contributed by atoms with van der Waals surface area (Å²) in [4.78, 5) is 8.85. The molecule has 0 saturated carbocycles. The molecule has 112 valence electrons. The largest absolute Gasteiger partial charge is 0.309 e. The molecule has 0 saturated heterocycles. The molecule has 2 aromatic rings. The summed E-state index contributed by atoms with van der Waals surface area (Å²) in [6.07, 6.45) is 2.95. The maximum Gasteiger partial charge on any atom is 0.188 e. The van der Waals surface area contributed by atoms with Gasteiger partial charge in [0.2, 0.25) is 0 Å². The average molecular weight is 301 g/mol. The highest BCUT2D eigenvalue weighted by molar-refractivity contribution is 7.99. The maximum absolute atomic E-state index is 4.49. The second-order valence-corrected chi connectivity index (χ2v) is 6.49. The van der Waals surface area contributed by atoms with E-state index in [4.69, 9.17) is 0 Å². The molecule has 0 radical (unpaired) electrons. The van der Waals surface area contributed by atoms with Gasteiger partial charge in [-0.25, -0.2) is 9.97 Å². The van der Waals surface area contributed by atoms with E-state index in [1.165, 1.54) is 5.56 Å². The first-order chi connectivity index (χ1) is 10.2. The van der Waals surface area contributed by atoms with Gasteiger partial charge in [-0.2, -0.15) is 0 Å². The van der Waals surface area contributed by atoms with E-state index in [1.54, 1.807) is 11.8 Å². The first-order valence-corrected chi connectivity index (χ1v) is 8.33. The van der Waals surface area contributed by atoms with E-state index < -0.39 is 0 Å². The lowest BCUT2D eigenvalue weighted by Crippen LogP contribution is -2.29. The molecule has 0 spiro atoms. The van der Waals surface area contributed by atoms with E-state index in [-0.39, 0.29) is 0 Å². The summed E-state index contributed by atoms with van der Waals surface area (Å²) in [6.45, 7) is 7.44. The minimum atomic E-state index is 0.306. The van der Waals surface area contributed by atoms with Crippen LogP contribution in [0.2, 0.25) is 0 Å². The van der Waals surface area contributed by atoms with Crippen molar-refractivity contribution in [3.63, 3.8) is 0 Å². The van der Waals surface area contributed by atoms with Crippen LogP contribution in [-0.4, -0.2) is 21.8 Å². The number of hydrogen-bond donors (Lipinski definition) is 1. The molecule has 1 heterocycles. The Balaban J connectivity index is 2.12. The maximum atomic E-state index is 4.49. The summed E-state index contributed by atoms with van der Waals surface area (Å²) in [5, 5.41) is 4.85. The number of benzene rings is 1. The van der Waals surface area contributed by atoms with Crippen molar-refractivity contribution in [2.45, 2.75) is 43.6 Å². The van der Waals surface area contributed by atoms with E-state index in [9.17, 15) is 0 Å². The monoisotopic (exact) mass is 301 g/mol. The molecule has 0 amide bonds. The van der Waals surface area contributed by atoms with Crippen molar-refractivity contribution < 1.29 is 0 Å². The van der Waals surface area contributed by atoms with Gasteiger partial charge in [-0.05, 0) is 31.5 Å². The lowest BCUT2D eigenvalue weighted by atomic mass is 10.0. The Hall–Kier alpha value is -1.39. The molecule has 1 aromatic heterocycles. The van der Waals surface area contributed by atoms with Gasteiger partial charge in [0.05, 0.1) is 0 Å². The van der Waals surface area contributed by atoms with Crippen molar-refractivity contribution in [1.29, 1.82) is 0 Å². The Morgan fingerprint density at radius 3 is 2.62 bits per heavy atom. The van der Waals surface area contributed by atoms with Crippen molar-refractivity contribution in [2.24, 2.45) is 0 Å². The van der Waals surface area contributed by atoms with Gasteiger partial charge < -0.3 is 5.32 Å². The van der Waals surface area contributed by atoms with E-state index in [1.807, 2.05) is 19.2 Å². The van der Waals surface area contributed by atoms with Crippen LogP contribution in [-0.2, 0) is 0 Å². The summed E-state index contributed by atoms with van der Waals surface area (Å²) in [5.41, 5.74) is 2.33. The van der Waals surface area contributed by atoms with Crippen LogP contribution >= 0.6 is 11.8 Å². The van der Waals surface area contributed by atoms with Gasteiger partial charge in [0, 0.05) is 23.2 Å². The van der Waals surface area contributed by atoms with Crippen LogP contribution < -0.4 is 5.32 Å². The third-order valence-corrected chi connectivity index (χ3v) is 4.36. The average Bonchev–Trinajstić information content (AvgIpc) is 2.49. The Morgan fingerprint density at radius 1 is 1.19 bits per heavy atom. The van der Waals surface area contributed by atoms with E-state index in [0.717, 1.165) is 23.8 Å². The highest BCUT2D eigenvalue weighted by atomic mass is 32.2. The Labute approximate surface area is 131 Å². The smallest absolute Gasteiger partial charge is 0.188 e. The molecule has 21 heavy (non-hydrogen) atoms. The van der Waals surface area contributed by atoms with Gasteiger partial charge in [-0.1, -0.05) is 55.9 Å². The van der Waals surface area contributed by atoms with E-state index >= 15 is 0 Å². The molecule has 0 aliphatic rings. The zero-order chi connectivity index (χ0) is 15.1. The Bertz CT molecular complexity index is 545. The molecule has 1 aromatic carbocycles. The number of nitrogens with one attached hydrogen (secondary N) is 1. The molecule has 0 fully saturated rings. The van der Waals surface area contributed by atoms with Crippen LogP contribution in [0.5, 0.6) is 0 Å². The number of thioether (sulfide) groups is 1. The molecular formula is C17H23N3S. The first kappa shape index (κ1) is 16.0. The van der Waals surface area contributed by atoms with Crippen LogP contribution in [0.25, 0.3) is 0 Å². The van der Waals surface area contributed by atoms with Gasteiger partial charge in [-0.15, -0.1) is 0 Å². The lowest BCUT2D eigenvalue weighted by Gasteiger charge is -2.24. The number of aryl methyl sites for hydroxylation is 1. The second kappa shape index (κ2) is 8.15. The summed E-state index contributed by atoms with van der Waals surface area (Å²) in [7, 11) is 0. The Kier molecular flexibility index (Phi) is 6.21. The third-order valence-electron chi connectivity index (χ3n) is 3.31. The van der Waals surface area contributed by atoms with Gasteiger partial charge >= 0.3 is 0 Å². The number of hydrogen-bond acceptors (Lipinski definition) is 4. The van der Waals surface area contributed by atoms with E-state index in [0.29, 0.717) is 11.3 Å². The molecule has 1 N–H and O–H groups in total. The molecule has 4 heteroatoms. The summed E-state index contributed by atoms with van der Waals surface area (Å²) in [5.74, 6) is 0. The summed E-state index contributed by atoms with van der Waals surface area (Å²) in [6, 6.07) is 12.8. The van der Waals surface area contributed by atoms with Crippen LogP contribution in [0.15, 0.2) is 47.8 Å². The number of rotatable bonds is 7. The molecule has 2 atom stereocenters. The fourth-order valence-electron chi connectivity index (χ4n) is 2.23. The van der Waals surface area contributed by atoms with Gasteiger partial charge in [0.25, 0.3) is 0 Å². The molecule has 0 aliphatic heterocycles. The highest BCUT2D eigenvalue weighted by Gasteiger charge is 2.20. The van der Waals surface area contributed by atoms with Crippen LogP contribution in [0.1, 0.15) is 37.6 Å². The zero-order valence-electron chi connectivity index (χ0n) is 12.9. The first-order valence-electron chi connectivity index (χ1n) is 7.45. The van der Waals surface area contributed by atoms with Gasteiger partial charge in [0.1, 0.15) is 0 Å². The van der Waals surface area contributed by atoms with Crippen molar-refractivity contribution in [3.05, 3.63) is 53.9 Å². The third kappa shape index (κ3) is 4.83. The molecule has 2 rings (SSSR count). The van der Waals surface area contributed by atoms with Crippen LogP contribution in [0.4, 0.5) is 0 Å². The van der Waals surface area contributed by atoms with Crippen molar-refractivity contribution in [2.75, 3.05) is 6.54 Å². The minimum Gasteiger partial charge on any atom is -0.309 e. The number of aromatic nitrogens is 2. The Morgan fingerprint density at radius 2 is 1.95 bits per heavy atom. The molecular weight excluding hydrogens is 278 g/mol. The predicted octanol–water partition coefficient (Wildman–Crippen LogP) is 4.01. The molecule has 2 unspecified atom stereocenters. The summed E-state index contributed by atoms with van der Waals surface area (Å²) >= 11 is 1.73. The highest BCUT2D eigenvalue weighted by Crippen LogP contribution is 2.30. The van der Waals surface area contributed by atoms with Crippen molar-refractivity contribution >= 4 is 11.8 Å². The second-order valence-electron chi connectivity index (χ2n) is 5.15. The van der Waals surface area contributed by atoms with Gasteiger partial charge in [-0.3, -0.25) is 0 Å². The normalized spacial score (nSPS) is 13.9. The van der Waals surface area contributed by atoms with Crippen LogP contribution in [0, 0.1) is 6.92 Å². The minimum absolute atomic E-state index is 0.306. The fourth-order valence-corrected chi connectivity index (χ4v) is 3.27. The van der Waals surface area contributed by atoms with Crippen LogP contribution in [0.3, 0.4) is 0 Å². The predicted molar refractivity (Wildman–Crippen MR) is 89.6 cm³/mol. The molecule has 3 nitrogen and oxygen atoms in total. The molecule has 0 bridgehead atoms. The fraction of sp³-hybridized carbons (Fsp3) is 0.412. The lowest BCUT2D eigenvalue weighted by molar-refractivity contribution is 0.527. The SMILES string of the molecule is CCCNC(c1ccccc1)C(C)Sc1nccc(C)n1. The molecule has 0 aliphatic carbocycles.